The van der Waals surface area contributed by atoms with E-state index >= 15 is 0 Å². The second kappa shape index (κ2) is 9.08. The van der Waals surface area contributed by atoms with Crippen LogP contribution < -0.4 is 5.32 Å². The van der Waals surface area contributed by atoms with Crippen molar-refractivity contribution < 1.29 is 28.0 Å². The number of hydrogen-bond donors (Lipinski definition) is 1. The second-order valence-corrected chi connectivity index (χ2v) is 9.31. The third kappa shape index (κ3) is 4.39. The number of carbonyl (C=O) groups is 4. The Morgan fingerprint density at radius 3 is 2.30 bits per heavy atom. The third-order valence-electron chi connectivity index (χ3n) is 6.44. The second-order valence-electron chi connectivity index (χ2n) is 8.87. The summed E-state index contributed by atoms with van der Waals surface area (Å²) in [5, 5.41) is -0.167. The van der Waals surface area contributed by atoms with Crippen molar-refractivity contribution in [2.45, 2.75) is 35.5 Å². The predicted molar refractivity (Wildman–Crippen MR) is 133 cm³/mol. The van der Waals surface area contributed by atoms with Gasteiger partial charge in [-0.2, -0.15) is 8.78 Å². The van der Waals surface area contributed by atoms with Gasteiger partial charge in [0.05, 0.1) is 29.0 Å². The van der Waals surface area contributed by atoms with Gasteiger partial charge in [-0.25, -0.2) is 0 Å². The molecular formula is C22H13B5ClF2N3O4. The maximum atomic E-state index is 14.7. The van der Waals surface area contributed by atoms with Gasteiger partial charge in [-0.1, -0.05) is 35.9 Å². The van der Waals surface area contributed by atoms with Crippen molar-refractivity contribution in [1.82, 2.24) is 15.0 Å². The fourth-order valence-corrected chi connectivity index (χ4v) is 4.35. The van der Waals surface area contributed by atoms with Crippen molar-refractivity contribution in [3.8, 4) is 0 Å². The number of piperidine rings is 1. The molecule has 2 aliphatic rings. The molecule has 1 unspecified atom stereocenters. The summed E-state index contributed by atoms with van der Waals surface area (Å²) in [5.74, 6) is -9.53. The first kappa shape index (κ1) is 27.0. The molecule has 7 nitrogen and oxygen atoms in total. The fourth-order valence-electron chi connectivity index (χ4n) is 4.23. The molecule has 2 heterocycles. The number of amides is 4. The maximum Gasteiger partial charge on any atom is 0.349 e. The summed E-state index contributed by atoms with van der Waals surface area (Å²) >= 11 is 5.71. The lowest BCUT2D eigenvalue weighted by atomic mass is 9.55. The van der Waals surface area contributed by atoms with E-state index in [0.717, 1.165) is 17.0 Å². The fraction of sp³-hybridized carbons (Fsp3) is 0.273. The van der Waals surface area contributed by atoms with E-state index in [-0.39, 0.29) is 34.7 Å². The number of carbonyl (C=O) groups excluding carboxylic acids is 4. The summed E-state index contributed by atoms with van der Waals surface area (Å²) in [6.45, 7) is -0.259. The van der Waals surface area contributed by atoms with Crippen LogP contribution in [0.15, 0.2) is 42.5 Å². The number of nitrogens with one attached hydrogen (secondary N) is 1. The van der Waals surface area contributed by atoms with Crippen LogP contribution in [0.3, 0.4) is 0 Å². The van der Waals surface area contributed by atoms with Crippen LogP contribution in [0.4, 0.5) is 8.78 Å². The van der Waals surface area contributed by atoms with Gasteiger partial charge in [-0.3, -0.25) is 19.2 Å². The van der Waals surface area contributed by atoms with Gasteiger partial charge in [0, 0.05) is 29.1 Å². The van der Waals surface area contributed by atoms with Crippen LogP contribution in [0.25, 0.3) is 0 Å². The molecule has 4 rings (SSSR count). The van der Waals surface area contributed by atoms with E-state index in [2.05, 4.69) is 0 Å². The van der Waals surface area contributed by atoms with Crippen molar-refractivity contribution in [2.75, 3.05) is 0 Å². The number of imide groups is 1. The molecule has 2 aromatic carbocycles. The molecule has 2 aliphatic heterocycles. The van der Waals surface area contributed by atoms with E-state index in [1.807, 2.05) is 5.32 Å². The van der Waals surface area contributed by atoms with Gasteiger partial charge < -0.3 is 15.0 Å². The highest BCUT2D eigenvalue weighted by Crippen LogP contribution is 2.40. The molecule has 0 aliphatic carbocycles. The lowest BCUT2D eigenvalue weighted by Crippen LogP contribution is -2.66. The topological polar surface area (TPSA) is 86.8 Å². The average molecular weight is 511 g/mol. The molecule has 1 saturated heterocycles. The Bertz CT molecular complexity index is 1330. The average Bonchev–Trinajstić information content (AvgIpc) is 3.17. The summed E-state index contributed by atoms with van der Waals surface area (Å²) in [4.78, 5) is 51.4. The molecule has 0 bridgehead atoms. The monoisotopic (exact) mass is 511 g/mol. The number of rotatable bonds is 5. The first-order chi connectivity index (χ1) is 17.1. The minimum atomic E-state index is -3.99. The SMILES string of the molecule is [B]C1CC(=O)N([B])C(=O)[C@]1([B])N1Cc2cc(C([B])([B])NC(=O)C(F)(F)c3ccc(Cl)cc3)ccc2C1=O. The number of halogens is 3. The highest BCUT2D eigenvalue weighted by atomic mass is 35.5. The number of benzene rings is 2. The smallest absolute Gasteiger partial charge is 0.349 e. The van der Waals surface area contributed by atoms with Crippen molar-refractivity contribution in [3.63, 3.8) is 0 Å². The quantitative estimate of drug-likeness (QED) is 0.464. The molecule has 0 aromatic heterocycles. The van der Waals surface area contributed by atoms with Gasteiger partial charge in [-0.15, -0.1) is 0 Å². The molecule has 37 heavy (non-hydrogen) atoms. The van der Waals surface area contributed by atoms with Gasteiger partial charge in [0.15, 0.2) is 0 Å². The molecule has 2 atom stereocenters. The van der Waals surface area contributed by atoms with Crippen molar-refractivity contribution in [1.29, 1.82) is 0 Å². The molecule has 2 aromatic rings. The Hall–Kier alpha value is -3.01. The summed E-state index contributed by atoms with van der Waals surface area (Å²) in [6, 6.07) is 8.23. The van der Waals surface area contributed by atoms with Crippen molar-refractivity contribution in [2.24, 2.45) is 0 Å². The van der Waals surface area contributed by atoms with E-state index < -0.39 is 51.7 Å². The zero-order valence-corrected chi connectivity index (χ0v) is 19.8. The van der Waals surface area contributed by atoms with Crippen LogP contribution in [-0.2, 0) is 32.2 Å². The van der Waals surface area contributed by atoms with Crippen LogP contribution in [0.2, 0.25) is 10.8 Å². The van der Waals surface area contributed by atoms with E-state index in [1.54, 1.807) is 0 Å². The van der Waals surface area contributed by atoms with E-state index in [1.165, 1.54) is 30.3 Å². The minimum Gasteiger partial charge on any atom is -0.358 e. The van der Waals surface area contributed by atoms with Gasteiger partial charge in [0.1, 0.15) is 7.85 Å². The van der Waals surface area contributed by atoms with E-state index in [9.17, 15) is 28.0 Å². The van der Waals surface area contributed by atoms with Crippen LogP contribution in [0, 0.1) is 0 Å². The lowest BCUT2D eigenvalue weighted by molar-refractivity contribution is -0.148. The zero-order valence-electron chi connectivity index (χ0n) is 19.1. The lowest BCUT2D eigenvalue weighted by Gasteiger charge is -2.48. The Kier molecular flexibility index (Phi) is 6.63. The van der Waals surface area contributed by atoms with Gasteiger partial charge >= 0.3 is 5.92 Å². The Morgan fingerprint density at radius 1 is 1.08 bits per heavy atom. The maximum absolute atomic E-state index is 14.7. The van der Waals surface area contributed by atoms with Crippen LogP contribution in [-0.4, -0.2) is 78.1 Å². The normalized spacial score (nSPS) is 22.2. The van der Waals surface area contributed by atoms with Crippen LogP contribution in [0.5, 0.6) is 0 Å². The van der Waals surface area contributed by atoms with E-state index in [0.29, 0.717) is 4.81 Å². The van der Waals surface area contributed by atoms with Gasteiger partial charge in [0.25, 0.3) is 11.8 Å². The molecular weight excluding hydrogens is 498 g/mol. The number of alkyl halides is 2. The molecule has 1 fully saturated rings. The first-order valence-electron chi connectivity index (χ1n) is 10.8. The van der Waals surface area contributed by atoms with Crippen molar-refractivity contribution >= 4 is 74.6 Å². The molecule has 4 amide bonds. The standard InChI is InChI=1S/C22H13B5ClF2N3O4/c23-15-8-16(34)33(27)19(37)20(15,24)32-9-10-7-12(3-6-14(10)17(32)35)22(25,26)31-18(36)21(29,30)11-1-4-13(28)5-2-11/h1-7,15H,8-9H2,(H,31,36)/t15?,20-/m1/s1. The Labute approximate surface area is 222 Å². The molecule has 176 valence electrons. The highest BCUT2D eigenvalue weighted by molar-refractivity contribution is 6.43. The third-order valence-corrected chi connectivity index (χ3v) is 6.69. The van der Waals surface area contributed by atoms with Gasteiger partial charge in [-0.05, 0) is 40.5 Å². The molecule has 0 spiro atoms. The molecule has 15 heteroatoms. The number of nitrogens with zero attached hydrogens (tertiary/aromatic N) is 2. The van der Waals surface area contributed by atoms with E-state index in [4.69, 9.17) is 51.0 Å². The van der Waals surface area contributed by atoms with Gasteiger partial charge in [0.2, 0.25) is 19.8 Å². The van der Waals surface area contributed by atoms with Crippen molar-refractivity contribution in [3.05, 3.63) is 69.7 Å². The zero-order chi connectivity index (χ0) is 27.5. The molecule has 0 saturated carbocycles. The largest absolute Gasteiger partial charge is 0.358 e. The summed E-state index contributed by atoms with van der Waals surface area (Å²) in [7, 11) is 29.7. The number of hydrogen-bond acceptors (Lipinski definition) is 4. The summed E-state index contributed by atoms with van der Waals surface area (Å²) in [6.07, 6.45) is -0.382. The summed E-state index contributed by atoms with van der Waals surface area (Å²) in [5.41, 5.74) is -2.41. The number of fused-ring (bicyclic) bond motifs is 1. The Morgan fingerprint density at radius 2 is 1.68 bits per heavy atom. The minimum absolute atomic E-state index is 0.0258. The Balaban J connectivity index is 1.59. The first-order valence-corrected chi connectivity index (χ1v) is 11.1. The highest BCUT2D eigenvalue weighted by Gasteiger charge is 2.53. The predicted octanol–water partition coefficient (Wildman–Crippen LogP) is 0.316. The van der Waals surface area contributed by atoms with Crippen LogP contribution >= 0.6 is 11.6 Å². The molecule has 1 N–H and O–H groups in total. The molecule has 10 radical (unpaired) electrons. The van der Waals surface area contributed by atoms with Crippen LogP contribution in [0.1, 0.15) is 33.5 Å². The summed E-state index contributed by atoms with van der Waals surface area (Å²) < 4.78 is 29.4.